The molecule has 2 bridgehead atoms. The molecule has 4 heterocycles. The topological polar surface area (TPSA) is 86.7 Å². The molecule has 3 N–H and O–H groups in total. The summed E-state index contributed by atoms with van der Waals surface area (Å²) in [6.45, 7) is 5.07. The van der Waals surface area contributed by atoms with Crippen LogP contribution in [0.15, 0.2) is 61.3 Å². The van der Waals surface area contributed by atoms with Gasteiger partial charge in [0.2, 0.25) is 0 Å². The maximum absolute atomic E-state index is 13.4. The molecule has 3 aliphatic heterocycles. The van der Waals surface area contributed by atoms with E-state index in [0.29, 0.717) is 48.3 Å². The van der Waals surface area contributed by atoms with Crippen LogP contribution < -0.4 is 15.4 Å². The molecule has 2 amide bonds. The molecule has 2 aromatic carbocycles. The first-order valence-electron chi connectivity index (χ1n) is 13.1. The number of benzene rings is 2. The van der Waals surface area contributed by atoms with Crippen molar-refractivity contribution in [1.82, 2.24) is 15.2 Å². The number of ether oxygens (including phenoxy) is 1. The summed E-state index contributed by atoms with van der Waals surface area (Å²) in [5, 5.41) is 17.4. The number of urea groups is 1. The highest BCUT2D eigenvalue weighted by Gasteiger charge is 2.51. The van der Waals surface area contributed by atoms with E-state index in [1.165, 1.54) is 19.4 Å². The molecule has 3 aliphatic rings. The fourth-order valence-electron chi connectivity index (χ4n) is 6.05. The minimum Gasteiger partial charge on any atom is -0.497 e. The van der Waals surface area contributed by atoms with E-state index in [-0.39, 0.29) is 23.5 Å². The largest absolute Gasteiger partial charge is 0.497 e. The van der Waals surface area contributed by atoms with Gasteiger partial charge in [0.1, 0.15) is 5.75 Å². The quantitative estimate of drug-likeness (QED) is 0.181. The first kappa shape index (κ1) is 29.6. The van der Waals surface area contributed by atoms with Gasteiger partial charge < -0.3 is 20.5 Å². The van der Waals surface area contributed by atoms with Crippen LogP contribution in [0.2, 0.25) is 0 Å². The van der Waals surface area contributed by atoms with Gasteiger partial charge in [-0.1, -0.05) is 6.08 Å². The molecule has 3 aromatic rings. The zero-order valence-electron chi connectivity index (χ0n) is 22.4. The monoisotopic (exact) mass is 594 g/mol. The smallest absolute Gasteiger partial charge is 0.416 e. The van der Waals surface area contributed by atoms with Crippen LogP contribution in [0.25, 0.3) is 10.9 Å². The Morgan fingerprint density at radius 2 is 1.79 bits per heavy atom. The van der Waals surface area contributed by atoms with Gasteiger partial charge in [0, 0.05) is 29.4 Å². The van der Waals surface area contributed by atoms with Crippen LogP contribution in [0.1, 0.15) is 29.5 Å². The minimum atomic E-state index is -5.10. The number of methoxy groups -OCH3 is 1. The van der Waals surface area contributed by atoms with Gasteiger partial charge in [-0.05, 0) is 73.7 Å². The number of halogens is 6. The summed E-state index contributed by atoms with van der Waals surface area (Å²) in [5.41, 5.74) is -5.31. The number of fused-ring (bicyclic) bond motifs is 4. The SMILES string of the molecule is C=C[C@H]1CN2CC[C@H]1C[C@@H]2[C@@](O)(NC(=O)Nc1cc(C(F)(F)F)cc(C(F)(F)F)c1)c1ccnc2ccc(OC)cc12. The molecule has 3 fully saturated rings. The summed E-state index contributed by atoms with van der Waals surface area (Å²) in [5.74, 6) is 0.756. The fraction of sp³-hybridized carbons (Fsp3) is 0.379. The van der Waals surface area contributed by atoms with Crippen molar-refractivity contribution in [2.24, 2.45) is 11.8 Å². The second kappa shape index (κ2) is 10.8. The van der Waals surface area contributed by atoms with E-state index in [4.69, 9.17) is 4.74 Å². The number of aromatic nitrogens is 1. The number of alkyl halides is 6. The maximum atomic E-state index is 13.4. The average Bonchev–Trinajstić information content (AvgIpc) is 2.95. The number of amides is 2. The van der Waals surface area contributed by atoms with E-state index in [0.717, 1.165) is 6.42 Å². The number of anilines is 1. The Kier molecular flexibility index (Phi) is 7.60. The van der Waals surface area contributed by atoms with Crippen molar-refractivity contribution < 1.29 is 41.0 Å². The van der Waals surface area contributed by atoms with Gasteiger partial charge in [-0.15, -0.1) is 6.58 Å². The van der Waals surface area contributed by atoms with E-state index in [2.05, 4.69) is 22.2 Å². The summed E-state index contributed by atoms with van der Waals surface area (Å²) in [4.78, 5) is 19.7. The lowest BCUT2D eigenvalue weighted by molar-refractivity contribution is -0.143. The lowest BCUT2D eigenvalue weighted by atomic mass is 9.71. The van der Waals surface area contributed by atoms with Crippen molar-refractivity contribution in [3.05, 3.63) is 78.0 Å². The van der Waals surface area contributed by atoms with Gasteiger partial charge in [0.25, 0.3) is 0 Å². The van der Waals surface area contributed by atoms with Gasteiger partial charge in [0.05, 0.1) is 29.8 Å². The molecular formula is C29H28F6N4O3. The summed E-state index contributed by atoms with van der Waals surface area (Å²) < 4.78 is 85.7. The number of piperidine rings is 3. The van der Waals surface area contributed by atoms with Crippen molar-refractivity contribution >= 4 is 22.6 Å². The Hall–Kier alpha value is -3.84. The van der Waals surface area contributed by atoms with E-state index in [9.17, 15) is 36.2 Å². The Morgan fingerprint density at radius 3 is 2.36 bits per heavy atom. The van der Waals surface area contributed by atoms with Crippen molar-refractivity contribution in [3.8, 4) is 5.75 Å². The van der Waals surface area contributed by atoms with Gasteiger partial charge >= 0.3 is 18.4 Å². The first-order valence-corrected chi connectivity index (χ1v) is 13.1. The zero-order valence-corrected chi connectivity index (χ0v) is 22.4. The zero-order chi connectivity index (χ0) is 30.4. The maximum Gasteiger partial charge on any atom is 0.416 e. The van der Waals surface area contributed by atoms with Crippen LogP contribution in [0.5, 0.6) is 5.75 Å². The highest BCUT2D eigenvalue weighted by Crippen LogP contribution is 2.44. The molecule has 42 heavy (non-hydrogen) atoms. The Bertz CT molecular complexity index is 1480. The predicted molar refractivity (Wildman–Crippen MR) is 143 cm³/mol. The summed E-state index contributed by atoms with van der Waals surface area (Å²) in [6, 6.07) is 5.39. The summed E-state index contributed by atoms with van der Waals surface area (Å²) in [6.07, 6.45) is -5.61. The molecule has 224 valence electrons. The standard InChI is InChI=1S/C29H28F6N4O3/c1-3-16-15-39-9-7-17(16)10-25(39)27(41,23-6-8-36-24-5-4-21(42-2)14-22(23)24)38-26(40)37-20-12-18(28(30,31)32)11-19(13-20)29(33,34)35/h3-6,8,11-14,16-17,25,41H,1,7,9-10,15H2,2H3,(H2,37,38,40)/t16-,17-,25+,27+/m0/s1. The highest BCUT2D eigenvalue weighted by molar-refractivity contribution is 5.91. The highest BCUT2D eigenvalue weighted by atomic mass is 19.4. The van der Waals surface area contributed by atoms with Gasteiger partial charge in [-0.25, -0.2) is 4.79 Å². The number of aliphatic hydroxyl groups is 1. The lowest BCUT2D eigenvalue weighted by Crippen LogP contribution is -2.66. The van der Waals surface area contributed by atoms with Crippen LogP contribution in [0.4, 0.5) is 36.8 Å². The molecule has 0 saturated carbocycles. The molecule has 0 radical (unpaired) electrons. The van der Waals surface area contributed by atoms with Crippen molar-refractivity contribution in [2.45, 2.75) is 37.0 Å². The third kappa shape index (κ3) is 5.62. The Morgan fingerprint density at radius 1 is 1.10 bits per heavy atom. The molecule has 3 saturated heterocycles. The van der Waals surface area contributed by atoms with Gasteiger partial charge in [0.15, 0.2) is 5.72 Å². The molecule has 1 aromatic heterocycles. The predicted octanol–water partition coefficient (Wildman–Crippen LogP) is 6.14. The second-order valence-corrected chi connectivity index (χ2v) is 10.6. The first-order chi connectivity index (χ1) is 19.7. The number of carbonyl (C=O) groups excluding carboxylic acids is 1. The van der Waals surface area contributed by atoms with Crippen LogP contribution in [0, 0.1) is 11.8 Å². The normalized spacial score (nSPS) is 23.7. The van der Waals surface area contributed by atoms with Crippen molar-refractivity contribution in [2.75, 3.05) is 25.5 Å². The Balaban J connectivity index is 1.56. The molecular weight excluding hydrogens is 566 g/mol. The van der Waals surface area contributed by atoms with E-state index in [1.807, 2.05) is 11.0 Å². The van der Waals surface area contributed by atoms with Gasteiger partial charge in [-0.3, -0.25) is 9.88 Å². The molecule has 7 nitrogen and oxygen atoms in total. The van der Waals surface area contributed by atoms with Crippen LogP contribution >= 0.6 is 0 Å². The molecule has 0 spiro atoms. The van der Waals surface area contributed by atoms with E-state index < -0.39 is 47.0 Å². The number of nitrogens with one attached hydrogen (secondary N) is 2. The van der Waals surface area contributed by atoms with Gasteiger partial charge in [-0.2, -0.15) is 26.3 Å². The molecule has 13 heteroatoms. The lowest BCUT2D eigenvalue weighted by Gasteiger charge is -2.54. The fourth-order valence-corrected chi connectivity index (χ4v) is 6.05. The van der Waals surface area contributed by atoms with E-state index in [1.54, 1.807) is 18.2 Å². The molecule has 0 aliphatic carbocycles. The minimum absolute atomic E-state index is 0.0298. The molecule has 5 atom stereocenters. The third-order valence-corrected chi connectivity index (χ3v) is 8.10. The molecule has 1 unspecified atom stereocenters. The second-order valence-electron chi connectivity index (χ2n) is 10.6. The molecule has 6 rings (SSSR count). The number of nitrogens with zero attached hydrogens (tertiary/aromatic N) is 2. The third-order valence-electron chi connectivity index (χ3n) is 8.10. The van der Waals surface area contributed by atoms with Crippen LogP contribution in [-0.4, -0.2) is 47.3 Å². The van der Waals surface area contributed by atoms with E-state index >= 15 is 0 Å². The summed E-state index contributed by atoms with van der Waals surface area (Å²) >= 11 is 0. The van der Waals surface area contributed by atoms with Crippen LogP contribution in [-0.2, 0) is 18.1 Å². The Labute approximate surface area is 237 Å². The number of hydrogen-bond acceptors (Lipinski definition) is 5. The summed E-state index contributed by atoms with van der Waals surface area (Å²) in [7, 11) is 1.46. The van der Waals surface area contributed by atoms with Crippen LogP contribution in [0.3, 0.4) is 0 Å². The number of carbonyl (C=O) groups is 1. The number of hydrogen-bond donors (Lipinski definition) is 3. The number of rotatable bonds is 6. The average molecular weight is 595 g/mol. The van der Waals surface area contributed by atoms with Crippen molar-refractivity contribution in [1.29, 1.82) is 0 Å². The number of pyridine rings is 1. The van der Waals surface area contributed by atoms with Crippen molar-refractivity contribution in [3.63, 3.8) is 0 Å².